The average molecular weight is 264 g/mol. The molecule has 7 heteroatoms. The third-order valence-corrected chi connectivity index (χ3v) is 2.87. The molecule has 1 aliphatic rings. The molecule has 1 aromatic heterocycles. The second-order valence-electron chi connectivity index (χ2n) is 3.79. The van der Waals surface area contributed by atoms with Gasteiger partial charge in [-0.15, -0.1) is 5.11 Å². The lowest BCUT2D eigenvalue weighted by molar-refractivity contribution is 0.412. The minimum absolute atomic E-state index is 0.584. The summed E-state index contributed by atoms with van der Waals surface area (Å²) in [6.07, 6.45) is 3.35. The number of hydrogen-bond acceptors (Lipinski definition) is 5. The second kappa shape index (κ2) is 4.30. The van der Waals surface area contributed by atoms with E-state index in [4.69, 9.17) is 16.3 Å². The van der Waals surface area contributed by atoms with Gasteiger partial charge < -0.3 is 4.74 Å². The lowest BCUT2D eigenvalue weighted by Gasteiger charge is -2.21. The Morgan fingerprint density at radius 1 is 1.39 bits per heavy atom. The Morgan fingerprint density at radius 3 is 3.06 bits per heavy atom. The highest BCUT2D eigenvalue weighted by molar-refractivity contribution is 6.30. The molecule has 18 heavy (non-hydrogen) atoms. The molecule has 0 unspecified atom stereocenters. The Kier molecular flexibility index (Phi) is 2.64. The monoisotopic (exact) mass is 263 g/mol. The highest BCUT2D eigenvalue weighted by Crippen LogP contribution is 2.28. The molecule has 0 bridgehead atoms. The van der Waals surface area contributed by atoms with Crippen LogP contribution in [-0.4, -0.2) is 17.0 Å². The maximum Gasteiger partial charge on any atom is 0.159 e. The molecule has 0 fully saturated rings. The smallest absolute Gasteiger partial charge is 0.159 e. The van der Waals surface area contributed by atoms with Gasteiger partial charge in [-0.05, 0) is 17.4 Å². The largest absolute Gasteiger partial charge is 0.493 e. The second-order valence-corrected chi connectivity index (χ2v) is 4.23. The van der Waals surface area contributed by atoms with E-state index in [0.29, 0.717) is 17.3 Å². The normalized spacial score (nSPS) is 13.6. The standard InChI is InChI=1S/C11H10ClN5O/c1-18-10-5-13-16(7-10)17-6-8-2-3-9(12)4-11(8)14-15-17/h2-5,7H,6H2,1H3. The van der Waals surface area contributed by atoms with Crippen molar-refractivity contribution in [2.45, 2.75) is 6.54 Å². The first kappa shape index (κ1) is 11.0. The van der Waals surface area contributed by atoms with Crippen molar-refractivity contribution in [1.29, 1.82) is 0 Å². The van der Waals surface area contributed by atoms with Gasteiger partial charge in [-0.25, -0.2) is 0 Å². The molecule has 92 valence electrons. The molecule has 3 rings (SSSR count). The summed E-state index contributed by atoms with van der Waals surface area (Å²) in [4.78, 5) is 1.58. The third kappa shape index (κ3) is 1.91. The summed E-state index contributed by atoms with van der Waals surface area (Å²) in [7, 11) is 1.59. The number of benzene rings is 1. The molecule has 0 radical (unpaired) electrons. The predicted octanol–water partition coefficient (Wildman–Crippen LogP) is 2.70. The van der Waals surface area contributed by atoms with Gasteiger partial charge in [-0.1, -0.05) is 17.7 Å². The van der Waals surface area contributed by atoms with Gasteiger partial charge >= 0.3 is 0 Å². The van der Waals surface area contributed by atoms with Crippen molar-refractivity contribution in [2.75, 3.05) is 12.2 Å². The number of nitrogens with zero attached hydrogens (tertiary/aromatic N) is 5. The molecule has 1 aliphatic heterocycles. The van der Waals surface area contributed by atoms with Crippen molar-refractivity contribution < 1.29 is 4.74 Å². The molecule has 0 aliphatic carbocycles. The van der Waals surface area contributed by atoms with Crippen molar-refractivity contribution in [3.8, 4) is 5.75 Å². The quantitative estimate of drug-likeness (QED) is 0.837. The molecular weight excluding hydrogens is 254 g/mol. The SMILES string of the molecule is COc1cnn(N2Cc3ccc(Cl)cc3N=N2)c1. The van der Waals surface area contributed by atoms with Gasteiger partial charge in [0.05, 0.1) is 31.7 Å². The van der Waals surface area contributed by atoms with Crippen LogP contribution in [0.15, 0.2) is 40.9 Å². The van der Waals surface area contributed by atoms with Crippen molar-refractivity contribution in [2.24, 2.45) is 10.3 Å². The molecule has 0 amide bonds. The summed E-state index contributed by atoms with van der Waals surface area (Å²) in [5.74, 6) is 0.673. The summed E-state index contributed by atoms with van der Waals surface area (Å²) in [5, 5.41) is 14.6. The third-order valence-electron chi connectivity index (χ3n) is 2.63. The van der Waals surface area contributed by atoms with Gasteiger partial charge in [0.1, 0.15) is 0 Å². The molecule has 1 aromatic carbocycles. The van der Waals surface area contributed by atoms with Gasteiger partial charge in [0.2, 0.25) is 0 Å². The summed E-state index contributed by atoms with van der Waals surface area (Å²) < 4.78 is 5.07. The molecule has 0 N–H and O–H groups in total. The maximum atomic E-state index is 5.90. The van der Waals surface area contributed by atoms with Crippen molar-refractivity contribution in [1.82, 2.24) is 9.89 Å². The maximum absolute atomic E-state index is 5.90. The first-order valence-corrected chi connectivity index (χ1v) is 5.70. The van der Waals surface area contributed by atoms with E-state index in [-0.39, 0.29) is 0 Å². The van der Waals surface area contributed by atoms with Crippen molar-refractivity contribution in [3.05, 3.63) is 41.2 Å². The first-order valence-electron chi connectivity index (χ1n) is 5.33. The number of ether oxygens (including phenoxy) is 1. The van der Waals surface area contributed by atoms with E-state index in [2.05, 4.69) is 15.4 Å². The average Bonchev–Trinajstić information content (AvgIpc) is 2.87. The van der Waals surface area contributed by atoms with E-state index in [0.717, 1.165) is 11.3 Å². The number of aromatic nitrogens is 2. The minimum Gasteiger partial charge on any atom is -0.493 e. The zero-order chi connectivity index (χ0) is 12.5. The Hall–Kier alpha value is -2.08. The zero-order valence-electron chi connectivity index (χ0n) is 9.62. The Morgan fingerprint density at radius 2 is 2.28 bits per heavy atom. The Bertz CT molecular complexity index is 609. The van der Waals surface area contributed by atoms with Gasteiger partial charge in [0.15, 0.2) is 5.75 Å². The summed E-state index contributed by atoms with van der Waals surface area (Å²) >= 11 is 5.90. The van der Waals surface area contributed by atoms with Crippen LogP contribution in [0.2, 0.25) is 5.02 Å². The molecule has 2 aromatic rings. The van der Waals surface area contributed by atoms with Gasteiger partial charge in [0.25, 0.3) is 0 Å². The molecular formula is C11H10ClN5O. The zero-order valence-corrected chi connectivity index (χ0v) is 10.4. The molecule has 0 saturated carbocycles. The van der Waals surface area contributed by atoms with Crippen LogP contribution >= 0.6 is 11.6 Å². The molecule has 6 nitrogen and oxygen atoms in total. The molecule has 2 heterocycles. The fourth-order valence-corrected chi connectivity index (χ4v) is 1.86. The van der Waals surface area contributed by atoms with E-state index in [1.807, 2.05) is 12.1 Å². The number of halogens is 1. The predicted molar refractivity (Wildman–Crippen MR) is 66.7 cm³/mol. The lowest BCUT2D eigenvalue weighted by atomic mass is 10.2. The fourth-order valence-electron chi connectivity index (χ4n) is 1.69. The van der Waals surface area contributed by atoms with Crippen molar-refractivity contribution >= 4 is 17.3 Å². The van der Waals surface area contributed by atoms with Crippen LogP contribution in [0.5, 0.6) is 5.75 Å². The van der Waals surface area contributed by atoms with E-state index in [1.54, 1.807) is 35.5 Å². The number of hydrogen-bond donors (Lipinski definition) is 0. The van der Waals surface area contributed by atoms with E-state index >= 15 is 0 Å². The Balaban J connectivity index is 1.89. The Labute approximate surface area is 108 Å². The van der Waals surface area contributed by atoms with E-state index in [1.165, 1.54) is 0 Å². The van der Waals surface area contributed by atoms with Crippen LogP contribution in [0.1, 0.15) is 5.56 Å². The van der Waals surface area contributed by atoms with Crippen LogP contribution in [0.3, 0.4) is 0 Å². The van der Waals surface area contributed by atoms with Crippen LogP contribution in [-0.2, 0) is 6.54 Å². The summed E-state index contributed by atoms with van der Waals surface area (Å²) in [6, 6.07) is 5.56. The number of methoxy groups -OCH3 is 1. The van der Waals surface area contributed by atoms with E-state index < -0.39 is 0 Å². The summed E-state index contributed by atoms with van der Waals surface area (Å²) in [6.45, 7) is 0.584. The van der Waals surface area contributed by atoms with Gasteiger partial charge in [-0.2, -0.15) is 15.0 Å². The molecule has 0 saturated heterocycles. The highest BCUT2D eigenvalue weighted by atomic mass is 35.5. The van der Waals surface area contributed by atoms with E-state index in [9.17, 15) is 0 Å². The van der Waals surface area contributed by atoms with Crippen LogP contribution in [0.25, 0.3) is 0 Å². The highest BCUT2D eigenvalue weighted by Gasteiger charge is 2.15. The molecule has 0 spiro atoms. The number of fused-ring (bicyclic) bond motifs is 1. The van der Waals surface area contributed by atoms with Crippen LogP contribution in [0.4, 0.5) is 5.69 Å². The minimum atomic E-state index is 0.584. The van der Waals surface area contributed by atoms with Gasteiger partial charge in [0, 0.05) is 10.6 Å². The van der Waals surface area contributed by atoms with Crippen LogP contribution in [0, 0.1) is 0 Å². The fraction of sp³-hybridized carbons (Fsp3) is 0.182. The van der Waals surface area contributed by atoms with Gasteiger partial charge in [-0.3, -0.25) is 0 Å². The molecule has 0 atom stereocenters. The first-order chi connectivity index (χ1) is 8.76. The van der Waals surface area contributed by atoms with Crippen molar-refractivity contribution in [3.63, 3.8) is 0 Å². The van der Waals surface area contributed by atoms with Crippen LogP contribution < -0.4 is 9.85 Å². The summed E-state index contributed by atoms with van der Waals surface area (Å²) in [5.41, 5.74) is 1.83. The number of rotatable bonds is 2. The topological polar surface area (TPSA) is 55.0 Å². The lowest BCUT2D eigenvalue weighted by Crippen LogP contribution is -2.30.